The van der Waals surface area contributed by atoms with Crippen LogP contribution >= 0.6 is 0 Å². The zero-order chi connectivity index (χ0) is 32.6. The molecule has 48 heavy (non-hydrogen) atoms. The molecule has 7 aromatic rings. The molecule has 0 fully saturated rings. The van der Waals surface area contributed by atoms with Gasteiger partial charge in [-0.15, -0.1) is 0 Å². The SMILES string of the molecule is CC1(C)c2cc3ccccc3cc2-c2c(/C(=C/Cc3ccc4c(c3)C(C)(C)c3c-4ccc4ccccc34)Nc3ccccc3)cccc21. The van der Waals surface area contributed by atoms with Crippen LogP contribution < -0.4 is 5.32 Å². The number of benzene rings is 7. The Morgan fingerprint density at radius 2 is 1.23 bits per heavy atom. The average Bonchev–Trinajstić information content (AvgIpc) is 3.48. The van der Waals surface area contributed by atoms with Gasteiger partial charge in [-0.2, -0.15) is 0 Å². The maximum absolute atomic E-state index is 3.85. The lowest BCUT2D eigenvalue weighted by Gasteiger charge is -2.23. The summed E-state index contributed by atoms with van der Waals surface area (Å²) in [6.45, 7) is 9.53. The lowest BCUT2D eigenvalue weighted by Crippen LogP contribution is -2.15. The third-order valence-corrected chi connectivity index (χ3v) is 11.1. The summed E-state index contributed by atoms with van der Waals surface area (Å²) in [6.07, 6.45) is 3.23. The van der Waals surface area contributed by atoms with E-state index in [0.29, 0.717) is 0 Å². The van der Waals surface area contributed by atoms with Gasteiger partial charge in [-0.25, -0.2) is 0 Å². The van der Waals surface area contributed by atoms with E-state index in [0.717, 1.165) is 17.8 Å². The van der Waals surface area contributed by atoms with Crippen LogP contribution in [0.4, 0.5) is 5.69 Å². The molecule has 0 saturated heterocycles. The van der Waals surface area contributed by atoms with Gasteiger partial charge in [0, 0.05) is 27.8 Å². The molecular formula is C47H39N. The first-order valence-corrected chi connectivity index (χ1v) is 17.2. The monoisotopic (exact) mass is 617 g/mol. The minimum atomic E-state index is -0.0900. The molecule has 0 heterocycles. The molecule has 0 bridgehead atoms. The molecule has 2 aliphatic carbocycles. The highest BCUT2D eigenvalue weighted by Gasteiger charge is 2.38. The Kier molecular flexibility index (Phi) is 6.33. The van der Waals surface area contributed by atoms with Gasteiger partial charge in [0.15, 0.2) is 0 Å². The highest BCUT2D eigenvalue weighted by molar-refractivity contribution is 5.99. The van der Waals surface area contributed by atoms with Crippen LogP contribution in [0.25, 0.3) is 49.5 Å². The van der Waals surface area contributed by atoms with Crippen LogP contribution in [0.2, 0.25) is 0 Å². The van der Waals surface area contributed by atoms with Crippen molar-refractivity contribution in [2.24, 2.45) is 0 Å². The van der Waals surface area contributed by atoms with Crippen LogP contribution in [0.1, 0.15) is 61.1 Å². The van der Waals surface area contributed by atoms with E-state index in [1.807, 2.05) is 0 Å². The number of nitrogens with one attached hydrogen (secondary N) is 1. The standard InChI is InChI=1S/C47H39N/c1-46(2)40-20-12-19-38(44(40)39-28-32-14-8-9-15-33(32)29-42(39)46)43(48-34-16-6-5-7-17-34)26-22-30-21-24-36-37-25-23-31-13-10-11-18-35(31)45(37)47(3,4)41(36)27-30/h5-21,23-29,48H,22H2,1-4H3/b43-26-. The molecule has 1 N–H and O–H groups in total. The van der Waals surface area contributed by atoms with E-state index in [1.165, 1.54) is 77.2 Å². The zero-order valence-electron chi connectivity index (χ0n) is 28.1. The summed E-state index contributed by atoms with van der Waals surface area (Å²) in [6, 6.07) is 51.6. The molecule has 0 radical (unpaired) electrons. The Hall–Kier alpha value is -5.40. The first-order valence-electron chi connectivity index (χ1n) is 17.2. The molecular weight excluding hydrogens is 579 g/mol. The fourth-order valence-corrected chi connectivity index (χ4v) is 8.60. The fourth-order valence-electron chi connectivity index (χ4n) is 8.60. The van der Waals surface area contributed by atoms with E-state index in [9.17, 15) is 0 Å². The van der Waals surface area contributed by atoms with Crippen LogP contribution in [-0.2, 0) is 17.3 Å². The van der Waals surface area contributed by atoms with E-state index in [2.05, 4.69) is 179 Å². The zero-order valence-corrected chi connectivity index (χ0v) is 28.1. The summed E-state index contributed by atoms with van der Waals surface area (Å²) in [7, 11) is 0. The molecule has 0 atom stereocenters. The summed E-state index contributed by atoms with van der Waals surface area (Å²) >= 11 is 0. The van der Waals surface area contributed by atoms with Crippen LogP contribution in [-0.4, -0.2) is 0 Å². The molecule has 0 saturated carbocycles. The maximum Gasteiger partial charge on any atom is 0.0427 e. The smallest absolute Gasteiger partial charge is 0.0427 e. The van der Waals surface area contributed by atoms with Crippen LogP contribution in [0.3, 0.4) is 0 Å². The van der Waals surface area contributed by atoms with E-state index in [4.69, 9.17) is 0 Å². The van der Waals surface area contributed by atoms with Crippen molar-refractivity contribution in [1.29, 1.82) is 0 Å². The molecule has 1 heteroatoms. The Labute approximate surface area is 283 Å². The first kappa shape index (κ1) is 28.8. The average molecular weight is 618 g/mol. The van der Waals surface area contributed by atoms with Gasteiger partial charge in [0.05, 0.1) is 0 Å². The van der Waals surface area contributed by atoms with Crippen molar-refractivity contribution in [3.63, 3.8) is 0 Å². The fraction of sp³-hybridized carbons (Fsp3) is 0.149. The van der Waals surface area contributed by atoms with Crippen molar-refractivity contribution in [3.05, 3.63) is 179 Å². The van der Waals surface area contributed by atoms with Gasteiger partial charge in [0.1, 0.15) is 0 Å². The summed E-state index contributed by atoms with van der Waals surface area (Å²) in [5.41, 5.74) is 15.7. The number of para-hydroxylation sites is 1. The van der Waals surface area contributed by atoms with Crippen LogP contribution in [0, 0.1) is 0 Å². The Morgan fingerprint density at radius 3 is 2.04 bits per heavy atom. The quantitative estimate of drug-likeness (QED) is 0.203. The minimum Gasteiger partial charge on any atom is -0.355 e. The van der Waals surface area contributed by atoms with Crippen molar-refractivity contribution >= 4 is 32.9 Å². The summed E-state index contributed by atoms with van der Waals surface area (Å²) in [5.74, 6) is 0. The largest absolute Gasteiger partial charge is 0.355 e. The number of hydrogen-bond acceptors (Lipinski definition) is 1. The highest BCUT2D eigenvalue weighted by Crippen LogP contribution is 2.53. The highest BCUT2D eigenvalue weighted by atomic mass is 14.9. The Morgan fingerprint density at radius 1 is 0.542 bits per heavy atom. The molecule has 0 amide bonds. The molecule has 0 unspecified atom stereocenters. The lowest BCUT2D eigenvalue weighted by atomic mass is 9.80. The van der Waals surface area contributed by atoms with Crippen molar-refractivity contribution in [3.8, 4) is 22.3 Å². The number of hydrogen-bond donors (Lipinski definition) is 1. The number of fused-ring (bicyclic) bond motifs is 9. The second-order valence-corrected chi connectivity index (χ2v) is 14.6. The lowest BCUT2D eigenvalue weighted by molar-refractivity contribution is 0.661. The molecule has 232 valence electrons. The van der Waals surface area contributed by atoms with E-state index >= 15 is 0 Å². The summed E-state index contributed by atoms with van der Waals surface area (Å²) in [4.78, 5) is 0. The van der Waals surface area contributed by atoms with Gasteiger partial charge in [0.2, 0.25) is 0 Å². The van der Waals surface area contributed by atoms with Gasteiger partial charge in [-0.1, -0.05) is 149 Å². The third kappa shape index (κ3) is 4.31. The topological polar surface area (TPSA) is 12.0 Å². The van der Waals surface area contributed by atoms with Crippen LogP contribution in [0.15, 0.2) is 146 Å². The molecule has 0 aromatic heterocycles. The van der Waals surface area contributed by atoms with E-state index in [-0.39, 0.29) is 10.8 Å². The Balaban J connectivity index is 1.16. The summed E-state index contributed by atoms with van der Waals surface area (Å²) < 4.78 is 0. The number of rotatable bonds is 5. The second kappa shape index (κ2) is 10.6. The molecule has 1 nitrogen and oxygen atoms in total. The predicted octanol–water partition coefficient (Wildman–Crippen LogP) is 12.3. The van der Waals surface area contributed by atoms with Gasteiger partial charge in [-0.05, 0) is 102 Å². The van der Waals surface area contributed by atoms with Crippen molar-refractivity contribution in [1.82, 2.24) is 0 Å². The Bertz CT molecular complexity index is 2440. The normalized spacial score (nSPS) is 15.2. The predicted molar refractivity (Wildman–Crippen MR) is 205 cm³/mol. The molecule has 0 aliphatic heterocycles. The molecule has 0 spiro atoms. The van der Waals surface area contributed by atoms with Crippen molar-refractivity contribution in [2.75, 3.05) is 5.32 Å². The number of allylic oxidation sites excluding steroid dienone is 1. The third-order valence-electron chi connectivity index (χ3n) is 11.1. The first-order chi connectivity index (χ1) is 23.3. The van der Waals surface area contributed by atoms with E-state index < -0.39 is 0 Å². The van der Waals surface area contributed by atoms with Crippen LogP contribution in [0.5, 0.6) is 0 Å². The second-order valence-electron chi connectivity index (χ2n) is 14.6. The van der Waals surface area contributed by atoms with Gasteiger partial charge >= 0.3 is 0 Å². The molecule has 2 aliphatic rings. The molecule has 9 rings (SSSR count). The number of anilines is 1. The van der Waals surface area contributed by atoms with Gasteiger partial charge < -0.3 is 5.32 Å². The molecule has 7 aromatic carbocycles. The minimum absolute atomic E-state index is 0.0747. The summed E-state index contributed by atoms with van der Waals surface area (Å²) in [5, 5.41) is 9.11. The van der Waals surface area contributed by atoms with Gasteiger partial charge in [0.25, 0.3) is 0 Å². The van der Waals surface area contributed by atoms with Crippen molar-refractivity contribution < 1.29 is 0 Å². The van der Waals surface area contributed by atoms with E-state index in [1.54, 1.807) is 0 Å². The maximum atomic E-state index is 3.85. The van der Waals surface area contributed by atoms with Gasteiger partial charge in [-0.3, -0.25) is 0 Å². The van der Waals surface area contributed by atoms with Crippen molar-refractivity contribution in [2.45, 2.75) is 44.9 Å².